The Labute approximate surface area is 194 Å². The van der Waals surface area contributed by atoms with Crippen LogP contribution in [0.2, 0.25) is 0 Å². The molecule has 0 aliphatic rings. The highest BCUT2D eigenvalue weighted by Crippen LogP contribution is 2.29. The number of thiazole rings is 1. The normalized spacial score (nSPS) is 12.1. The van der Waals surface area contributed by atoms with E-state index in [0.717, 1.165) is 15.2 Å². The molecule has 32 heavy (non-hydrogen) atoms. The van der Waals surface area contributed by atoms with Gasteiger partial charge in [0.2, 0.25) is 20.9 Å². The van der Waals surface area contributed by atoms with Crippen molar-refractivity contribution in [1.82, 2.24) is 18.9 Å². The molecule has 4 aromatic rings. The van der Waals surface area contributed by atoms with Crippen molar-refractivity contribution in [3.05, 3.63) is 48.0 Å². The minimum absolute atomic E-state index is 0.122. The molecule has 2 heterocycles. The molecule has 0 fully saturated rings. The minimum Gasteiger partial charge on any atom is -0.325 e. The van der Waals surface area contributed by atoms with E-state index in [-0.39, 0.29) is 16.6 Å². The number of hydrogen-bond donors (Lipinski definition) is 1. The van der Waals surface area contributed by atoms with Crippen molar-refractivity contribution >= 4 is 59.9 Å². The van der Waals surface area contributed by atoms with E-state index >= 15 is 0 Å². The van der Waals surface area contributed by atoms with Crippen LogP contribution < -0.4 is 5.32 Å². The van der Waals surface area contributed by atoms with E-state index < -0.39 is 10.0 Å². The van der Waals surface area contributed by atoms with Gasteiger partial charge in [-0.05, 0) is 36.8 Å². The molecule has 0 atom stereocenters. The molecule has 11 heteroatoms. The minimum atomic E-state index is -3.62. The molecular formula is C21H23N5O3S3. The number of thioether (sulfide) groups is 1. The van der Waals surface area contributed by atoms with Crippen LogP contribution in [0.25, 0.3) is 15.2 Å². The van der Waals surface area contributed by atoms with Crippen molar-refractivity contribution in [2.24, 2.45) is 0 Å². The number of nitrogens with one attached hydrogen (secondary N) is 1. The fourth-order valence-electron chi connectivity index (χ4n) is 3.43. The standard InChI is InChI=1S/C21H23N5O3S3/c1-4-25(5-2)32(28,29)18-12-15(11-10-14(18)3)22-19(27)13-30-20-23-24-21-26(20)16-8-6-7-9-17(16)31-21/h6-12H,4-5,13H2,1-3H3,(H,22,27). The van der Waals surface area contributed by atoms with Crippen LogP contribution in [0.15, 0.2) is 52.5 Å². The lowest BCUT2D eigenvalue weighted by Crippen LogP contribution is -2.31. The topological polar surface area (TPSA) is 96.7 Å². The summed E-state index contributed by atoms with van der Waals surface area (Å²) in [5.74, 6) is -0.127. The molecule has 0 aliphatic carbocycles. The number of rotatable bonds is 8. The summed E-state index contributed by atoms with van der Waals surface area (Å²) in [5, 5.41) is 11.8. The quantitative estimate of drug-likeness (QED) is 0.376. The molecule has 1 N–H and O–H groups in total. The molecule has 1 amide bonds. The number of sulfonamides is 1. The Balaban J connectivity index is 1.50. The maximum atomic E-state index is 12.9. The van der Waals surface area contributed by atoms with Gasteiger partial charge in [-0.25, -0.2) is 8.42 Å². The van der Waals surface area contributed by atoms with Crippen LogP contribution in [0.5, 0.6) is 0 Å². The number of anilines is 1. The van der Waals surface area contributed by atoms with Crippen molar-refractivity contribution in [3.63, 3.8) is 0 Å². The number of carbonyl (C=O) groups is 1. The second kappa shape index (κ2) is 9.18. The van der Waals surface area contributed by atoms with Crippen molar-refractivity contribution in [2.45, 2.75) is 30.8 Å². The first-order valence-electron chi connectivity index (χ1n) is 10.1. The summed E-state index contributed by atoms with van der Waals surface area (Å²) in [7, 11) is -3.62. The molecule has 0 saturated heterocycles. The number of aromatic nitrogens is 3. The number of amides is 1. The summed E-state index contributed by atoms with van der Waals surface area (Å²) in [6.45, 7) is 6.12. The fraction of sp³-hybridized carbons (Fsp3) is 0.286. The molecule has 8 nitrogen and oxygen atoms in total. The van der Waals surface area contributed by atoms with Crippen LogP contribution in [0.4, 0.5) is 5.69 Å². The molecule has 0 saturated carbocycles. The van der Waals surface area contributed by atoms with Gasteiger partial charge in [0, 0.05) is 18.8 Å². The zero-order valence-corrected chi connectivity index (χ0v) is 20.4. The molecule has 0 unspecified atom stereocenters. The van der Waals surface area contributed by atoms with Gasteiger partial charge in [0.1, 0.15) is 0 Å². The van der Waals surface area contributed by atoms with Crippen LogP contribution >= 0.6 is 23.1 Å². The average Bonchev–Trinajstić information content (AvgIpc) is 3.33. The van der Waals surface area contributed by atoms with Gasteiger partial charge in [-0.1, -0.05) is 55.1 Å². The number of hydrogen-bond acceptors (Lipinski definition) is 7. The molecule has 4 rings (SSSR count). The van der Waals surface area contributed by atoms with Crippen molar-refractivity contribution in [3.8, 4) is 0 Å². The van der Waals surface area contributed by atoms with E-state index in [2.05, 4.69) is 15.5 Å². The summed E-state index contributed by atoms with van der Waals surface area (Å²) < 4.78 is 30.3. The summed E-state index contributed by atoms with van der Waals surface area (Å²) in [6, 6.07) is 12.9. The Morgan fingerprint density at radius 3 is 2.66 bits per heavy atom. The summed E-state index contributed by atoms with van der Waals surface area (Å²) in [4.78, 5) is 13.6. The van der Waals surface area contributed by atoms with Crippen LogP contribution in [0, 0.1) is 6.92 Å². The zero-order valence-electron chi connectivity index (χ0n) is 17.9. The van der Waals surface area contributed by atoms with Crippen LogP contribution in [0.1, 0.15) is 19.4 Å². The second-order valence-electron chi connectivity index (χ2n) is 7.08. The van der Waals surface area contributed by atoms with Gasteiger partial charge in [0.25, 0.3) is 0 Å². The molecule has 0 spiro atoms. The Morgan fingerprint density at radius 2 is 1.91 bits per heavy atom. The largest absolute Gasteiger partial charge is 0.325 e. The lowest BCUT2D eigenvalue weighted by Gasteiger charge is -2.20. The van der Waals surface area contributed by atoms with E-state index in [1.807, 2.05) is 28.7 Å². The molecular weight excluding hydrogens is 466 g/mol. The SMILES string of the molecule is CCN(CC)S(=O)(=O)c1cc(NC(=O)CSc2nnc3sc4ccccc4n23)ccc1C. The predicted octanol–water partition coefficient (Wildman–Crippen LogP) is 4.01. The lowest BCUT2D eigenvalue weighted by atomic mass is 10.2. The third kappa shape index (κ3) is 4.25. The Hall–Kier alpha value is -2.47. The summed E-state index contributed by atoms with van der Waals surface area (Å²) in [6.07, 6.45) is 0. The van der Waals surface area contributed by atoms with Gasteiger partial charge in [0.05, 0.1) is 20.9 Å². The highest BCUT2D eigenvalue weighted by molar-refractivity contribution is 7.99. The first-order chi connectivity index (χ1) is 15.3. The predicted molar refractivity (Wildman–Crippen MR) is 129 cm³/mol. The zero-order chi connectivity index (χ0) is 22.9. The van der Waals surface area contributed by atoms with E-state index in [9.17, 15) is 13.2 Å². The number of aryl methyl sites for hydroxylation is 1. The van der Waals surface area contributed by atoms with Gasteiger partial charge < -0.3 is 5.32 Å². The fourth-order valence-corrected chi connectivity index (χ4v) is 6.91. The average molecular weight is 490 g/mol. The Morgan fingerprint density at radius 1 is 1.16 bits per heavy atom. The summed E-state index contributed by atoms with van der Waals surface area (Å²) in [5.41, 5.74) is 2.09. The maximum absolute atomic E-state index is 12.9. The van der Waals surface area contributed by atoms with E-state index in [0.29, 0.717) is 29.5 Å². The molecule has 0 radical (unpaired) electrons. The van der Waals surface area contributed by atoms with Gasteiger partial charge in [-0.3, -0.25) is 9.20 Å². The molecule has 0 aliphatic heterocycles. The number of nitrogens with zero attached hydrogens (tertiary/aromatic N) is 4. The van der Waals surface area contributed by atoms with Crippen LogP contribution in [-0.2, 0) is 14.8 Å². The Kier molecular flexibility index (Phi) is 6.52. The Bertz CT molecular complexity index is 1390. The molecule has 168 valence electrons. The third-order valence-electron chi connectivity index (χ3n) is 5.04. The highest BCUT2D eigenvalue weighted by Gasteiger charge is 2.24. The van der Waals surface area contributed by atoms with Crippen LogP contribution in [-0.4, -0.2) is 52.1 Å². The smallest absolute Gasteiger partial charge is 0.243 e. The molecule has 2 aromatic carbocycles. The van der Waals surface area contributed by atoms with Gasteiger partial charge >= 0.3 is 0 Å². The first-order valence-corrected chi connectivity index (χ1v) is 13.4. The first kappa shape index (κ1) is 22.7. The number of para-hydroxylation sites is 1. The van der Waals surface area contributed by atoms with Crippen LogP contribution in [0.3, 0.4) is 0 Å². The van der Waals surface area contributed by atoms with Crippen molar-refractivity contribution in [2.75, 3.05) is 24.2 Å². The maximum Gasteiger partial charge on any atom is 0.243 e. The molecule has 2 aromatic heterocycles. The number of fused-ring (bicyclic) bond motifs is 3. The van der Waals surface area contributed by atoms with E-state index in [1.165, 1.54) is 22.1 Å². The monoisotopic (exact) mass is 489 g/mol. The highest BCUT2D eigenvalue weighted by atomic mass is 32.2. The number of benzene rings is 2. The van der Waals surface area contributed by atoms with Gasteiger partial charge in [0.15, 0.2) is 5.16 Å². The lowest BCUT2D eigenvalue weighted by molar-refractivity contribution is -0.113. The van der Waals surface area contributed by atoms with E-state index in [4.69, 9.17) is 0 Å². The second-order valence-corrected chi connectivity index (χ2v) is 10.9. The van der Waals surface area contributed by atoms with Gasteiger partial charge in [-0.15, -0.1) is 10.2 Å². The van der Waals surface area contributed by atoms with Crippen molar-refractivity contribution < 1.29 is 13.2 Å². The third-order valence-corrected chi connectivity index (χ3v) is 9.17. The molecule has 0 bridgehead atoms. The number of carbonyl (C=O) groups excluding carboxylic acids is 1. The van der Waals surface area contributed by atoms with Gasteiger partial charge in [-0.2, -0.15) is 4.31 Å². The van der Waals surface area contributed by atoms with Crippen molar-refractivity contribution in [1.29, 1.82) is 0 Å². The van der Waals surface area contributed by atoms with E-state index in [1.54, 1.807) is 44.2 Å². The summed E-state index contributed by atoms with van der Waals surface area (Å²) >= 11 is 2.83.